The zero-order chi connectivity index (χ0) is 25.6. The minimum absolute atomic E-state index is 0.0475. The Morgan fingerprint density at radius 1 is 1.06 bits per heavy atom. The molecule has 2 aromatic carbocycles. The molecule has 190 valence electrons. The molecule has 1 atom stereocenters. The third-order valence-electron chi connectivity index (χ3n) is 6.48. The summed E-state index contributed by atoms with van der Waals surface area (Å²) in [5, 5.41) is 5.44. The Bertz CT molecular complexity index is 1150. The van der Waals surface area contributed by atoms with Crippen molar-refractivity contribution in [2.45, 2.75) is 71.3 Å². The van der Waals surface area contributed by atoms with Crippen molar-refractivity contribution < 1.29 is 9.53 Å². The molecule has 0 aliphatic heterocycles. The van der Waals surface area contributed by atoms with Gasteiger partial charge in [0.2, 0.25) is 5.91 Å². The molecule has 0 radical (unpaired) electrons. The number of carbonyl (C=O) groups excluding carboxylic acids is 1. The van der Waals surface area contributed by atoms with Crippen LogP contribution in [0.1, 0.15) is 69.9 Å². The van der Waals surface area contributed by atoms with Crippen LogP contribution in [-0.2, 0) is 11.2 Å². The predicted molar refractivity (Wildman–Crippen MR) is 151 cm³/mol. The van der Waals surface area contributed by atoms with Gasteiger partial charge in [-0.3, -0.25) is 9.78 Å². The van der Waals surface area contributed by atoms with Gasteiger partial charge < -0.3 is 10.1 Å². The molecule has 1 aromatic heterocycles. The fraction of sp³-hybridized carbons (Fsp3) is 0.375. The van der Waals surface area contributed by atoms with Crippen LogP contribution in [0.2, 0.25) is 0 Å². The Hall–Kier alpha value is -3.40. The van der Waals surface area contributed by atoms with Gasteiger partial charge in [-0.1, -0.05) is 62.6 Å². The number of nitrogens with zero attached hydrogens (tertiary/aromatic N) is 1. The van der Waals surface area contributed by atoms with E-state index in [4.69, 9.17) is 4.74 Å². The average Bonchev–Trinajstić information content (AvgIpc) is 2.90. The lowest BCUT2D eigenvalue weighted by Crippen LogP contribution is -2.31. The molecule has 0 unspecified atom stereocenters. The number of allylic oxidation sites excluding steroid dienone is 3. The highest BCUT2D eigenvalue weighted by Gasteiger charge is 2.06. The van der Waals surface area contributed by atoms with Crippen LogP contribution < -0.4 is 10.1 Å². The zero-order valence-electron chi connectivity index (χ0n) is 22.0. The number of aromatic nitrogens is 1. The quantitative estimate of drug-likeness (QED) is 0.145. The van der Waals surface area contributed by atoms with Gasteiger partial charge in [-0.25, -0.2) is 0 Å². The van der Waals surface area contributed by atoms with Crippen molar-refractivity contribution in [3.05, 3.63) is 90.3 Å². The van der Waals surface area contributed by atoms with Crippen molar-refractivity contribution in [2.24, 2.45) is 0 Å². The van der Waals surface area contributed by atoms with Gasteiger partial charge in [0.05, 0.1) is 7.11 Å². The van der Waals surface area contributed by atoms with Crippen molar-refractivity contribution in [1.82, 2.24) is 10.3 Å². The number of carbonyl (C=O) groups is 1. The number of fused-ring (bicyclic) bond motifs is 1. The Kier molecular flexibility index (Phi) is 11.2. The summed E-state index contributed by atoms with van der Waals surface area (Å²) in [6.07, 6.45) is 18.1. The fourth-order valence-corrected chi connectivity index (χ4v) is 4.39. The summed E-state index contributed by atoms with van der Waals surface area (Å²) in [5.41, 5.74) is 3.69. The smallest absolute Gasteiger partial charge is 0.244 e. The van der Waals surface area contributed by atoms with E-state index in [1.807, 2.05) is 24.4 Å². The van der Waals surface area contributed by atoms with E-state index < -0.39 is 0 Å². The van der Waals surface area contributed by atoms with E-state index in [0.29, 0.717) is 0 Å². The van der Waals surface area contributed by atoms with Gasteiger partial charge in [0, 0.05) is 24.5 Å². The summed E-state index contributed by atoms with van der Waals surface area (Å²) in [4.78, 5) is 16.7. The summed E-state index contributed by atoms with van der Waals surface area (Å²) in [7, 11) is 1.70. The van der Waals surface area contributed by atoms with Crippen LogP contribution in [0.25, 0.3) is 16.3 Å². The first kappa shape index (κ1) is 27.2. The van der Waals surface area contributed by atoms with Crippen LogP contribution in [0.5, 0.6) is 5.75 Å². The molecule has 1 heterocycles. The molecule has 0 bridgehead atoms. The maximum atomic E-state index is 12.5. The second-order valence-corrected chi connectivity index (χ2v) is 9.45. The highest BCUT2D eigenvalue weighted by Crippen LogP contribution is 2.28. The first-order valence-electron chi connectivity index (χ1n) is 13.2. The summed E-state index contributed by atoms with van der Waals surface area (Å²) in [6.45, 7) is 4.29. The molecule has 3 rings (SSSR count). The molecule has 0 spiro atoms. The summed E-state index contributed by atoms with van der Waals surface area (Å²) in [5.74, 6) is 0.813. The van der Waals surface area contributed by atoms with E-state index in [-0.39, 0.29) is 11.9 Å². The number of unbranched alkanes of at least 4 members (excludes halogenated alkanes) is 3. The van der Waals surface area contributed by atoms with Crippen molar-refractivity contribution in [3.8, 4) is 5.75 Å². The van der Waals surface area contributed by atoms with Crippen molar-refractivity contribution >= 4 is 22.3 Å². The normalized spacial score (nSPS) is 12.7. The number of nitrogens with one attached hydrogen (secondary N) is 1. The van der Waals surface area contributed by atoms with E-state index in [0.717, 1.165) is 43.2 Å². The molecule has 1 N–H and O–H groups in total. The third-order valence-corrected chi connectivity index (χ3v) is 6.48. The first-order chi connectivity index (χ1) is 17.6. The minimum atomic E-state index is -0.0475. The topological polar surface area (TPSA) is 51.2 Å². The molecular formula is C32H40N2O2. The number of methoxy groups -OCH3 is 1. The third kappa shape index (κ3) is 8.99. The lowest BCUT2D eigenvalue weighted by Gasteiger charge is -2.12. The standard InChI is InChI=1S/C32H40N2O2/c1-4-5-6-7-14-27(29-18-17-28-19-20-31(36-3)23-30(28)22-29)15-9-16-32(35)34-25(2)11-8-12-26-13-10-21-33-24-26/h9-10,13,15-25H,4-8,11-12,14H2,1-3H3,(H,34,35)/t25-/m1/s1. The highest BCUT2D eigenvalue weighted by molar-refractivity contribution is 5.89. The molecule has 3 aromatic rings. The van der Waals surface area contributed by atoms with Crippen LogP contribution >= 0.6 is 0 Å². The van der Waals surface area contributed by atoms with Gasteiger partial charge in [-0.15, -0.1) is 0 Å². The van der Waals surface area contributed by atoms with Crippen LogP contribution in [0, 0.1) is 0 Å². The largest absolute Gasteiger partial charge is 0.497 e. The maximum absolute atomic E-state index is 12.5. The minimum Gasteiger partial charge on any atom is -0.497 e. The lowest BCUT2D eigenvalue weighted by molar-refractivity contribution is -0.117. The van der Waals surface area contributed by atoms with Gasteiger partial charge in [-0.05, 0) is 90.8 Å². The Balaban J connectivity index is 1.62. The number of amides is 1. The molecule has 4 nitrogen and oxygen atoms in total. The second-order valence-electron chi connectivity index (χ2n) is 9.45. The number of hydrogen-bond donors (Lipinski definition) is 1. The number of pyridine rings is 1. The lowest BCUT2D eigenvalue weighted by atomic mass is 9.96. The molecule has 0 fully saturated rings. The van der Waals surface area contributed by atoms with E-state index in [9.17, 15) is 4.79 Å². The van der Waals surface area contributed by atoms with Gasteiger partial charge in [0.1, 0.15) is 5.75 Å². The average molecular weight is 485 g/mol. The van der Waals surface area contributed by atoms with Crippen LogP contribution in [0.15, 0.2) is 79.2 Å². The predicted octanol–water partition coefficient (Wildman–Crippen LogP) is 7.68. The fourth-order valence-electron chi connectivity index (χ4n) is 4.39. The van der Waals surface area contributed by atoms with Gasteiger partial charge in [0.15, 0.2) is 0 Å². The van der Waals surface area contributed by atoms with Crippen LogP contribution in [0.3, 0.4) is 0 Å². The van der Waals surface area contributed by atoms with Gasteiger partial charge >= 0.3 is 0 Å². The van der Waals surface area contributed by atoms with E-state index in [2.05, 4.69) is 66.6 Å². The second kappa shape index (κ2) is 14.9. The molecule has 1 amide bonds. The van der Waals surface area contributed by atoms with Crippen LogP contribution in [0.4, 0.5) is 0 Å². The molecule has 0 saturated carbocycles. The first-order valence-corrected chi connectivity index (χ1v) is 13.2. The van der Waals surface area contributed by atoms with Crippen LogP contribution in [-0.4, -0.2) is 24.0 Å². The van der Waals surface area contributed by atoms with E-state index in [1.54, 1.807) is 19.4 Å². The van der Waals surface area contributed by atoms with E-state index in [1.165, 1.54) is 41.3 Å². The molecule has 0 saturated heterocycles. The maximum Gasteiger partial charge on any atom is 0.244 e. The molecular weight excluding hydrogens is 444 g/mol. The van der Waals surface area contributed by atoms with Gasteiger partial charge in [-0.2, -0.15) is 0 Å². The van der Waals surface area contributed by atoms with Crippen molar-refractivity contribution in [1.29, 1.82) is 0 Å². The summed E-state index contributed by atoms with van der Waals surface area (Å²) < 4.78 is 5.41. The van der Waals surface area contributed by atoms with Gasteiger partial charge in [0.25, 0.3) is 0 Å². The Morgan fingerprint density at radius 2 is 1.92 bits per heavy atom. The van der Waals surface area contributed by atoms with Crippen molar-refractivity contribution in [2.75, 3.05) is 7.11 Å². The summed E-state index contributed by atoms with van der Waals surface area (Å²) in [6, 6.07) is 16.9. The number of rotatable bonds is 14. The Morgan fingerprint density at radius 3 is 2.69 bits per heavy atom. The highest BCUT2D eigenvalue weighted by atomic mass is 16.5. The van der Waals surface area contributed by atoms with Crippen molar-refractivity contribution in [3.63, 3.8) is 0 Å². The molecule has 4 heteroatoms. The number of hydrogen-bond acceptors (Lipinski definition) is 3. The number of ether oxygens (including phenoxy) is 1. The zero-order valence-corrected chi connectivity index (χ0v) is 22.0. The molecule has 0 aliphatic carbocycles. The monoisotopic (exact) mass is 484 g/mol. The Labute approximate surface area is 216 Å². The van der Waals surface area contributed by atoms with E-state index >= 15 is 0 Å². The number of benzene rings is 2. The SMILES string of the molecule is CCCCCCC(=CC=CC(=O)N[C@H](C)CCCc1cccnc1)c1ccc2ccc(OC)cc2c1. The molecule has 0 aliphatic rings. The number of aryl methyl sites for hydroxylation is 1. The molecule has 36 heavy (non-hydrogen) atoms. The summed E-state index contributed by atoms with van der Waals surface area (Å²) >= 11 is 0.